The van der Waals surface area contributed by atoms with Crippen molar-refractivity contribution in [3.8, 4) is 5.75 Å². The number of methoxy groups -OCH3 is 1. The molecule has 3 aromatic rings. The lowest BCUT2D eigenvalue weighted by molar-refractivity contribution is 0.0697. The van der Waals surface area contributed by atoms with Gasteiger partial charge in [0.25, 0.3) is 0 Å². The van der Waals surface area contributed by atoms with Crippen LogP contribution in [0.15, 0.2) is 65.8 Å². The van der Waals surface area contributed by atoms with E-state index in [1.54, 1.807) is 56.4 Å². The largest absolute Gasteiger partial charge is 0.497 e. The van der Waals surface area contributed by atoms with Crippen LogP contribution in [0.1, 0.15) is 32.4 Å². The van der Waals surface area contributed by atoms with Gasteiger partial charge in [-0.1, -0.05) is 18.2 Å². The highest BCUT2D eigenvalue weighted by Crippen LogP contribution is 2.34. The zero-order chi connectivity index (χ0) is 21.9. The number of aromatic carboxylic acids is 1. The van der Waals surface area contributed by atoms with Gasteiger partial charge in [0.2, 0.25) is 9.84 Å². The predicted octanol–water partition coefficient (Wildman–Crippen LogP) is 3.99. The molecule has 1 aromatic heterocycles. The smallest absolute Gasteiger partial charge is 0.338 e. The second kappa shape index (κ2) is 8.54. The molecular weight excluding hydrogens is 404 g/mol. The van der Waals surface area contributed by atoms with Crippen LogP contribution in [-0.2, 0) is 9.84 Å². The monoisotopic (exact) mass is 426 g/mol. The summed E-state index contributed by atoms with van der Waals surface area (Å²) in [6, 6.07) is 12.8. The molecule has 0 saturated carbocycles. The molecule has 3 rings (SSSR count). The Hall–Kier alpha value is -3.39. The van der Waals surface area contributed by atoms with E-state index in [4.69, 9.17) is 4.74 Å². The number of nitrogens with zero attached hydrogens (tertiary/aromatic N) is 1. The molecule has 1 unspecified atom stereocenters. The summed E-state index contributed by atoms with van der Waals surface area (Å²) in [6.07, 6.45) is 2.99. The molecule has 0 radical (unpaired) electrons. The Balaban J connectivity index is 2.16. The molecule has 7 nitrogen and oxygen atoms in total. The molecule has 0 bridgehead atoms. The van der Waals surface area contributed by atoms with Crippen LogP contribution < -0.4 is 10.1 Å². The zero-order valence-electron chi connectivity index (χ0n) is 16.8. The number of aryl methyl sites for hydroxylation is 2. The van der Waals surface area contributed by atoms with Crippen LogP contribution in [0.25, 0.3) is 0 Å². The molecule has 0 aliphatic heterocycles. The summed E-state index contributed by atoms with van der Waals surface area (Å²) in [5, 5.41) is 11.5. The molecule has 30 heavy (non-hydrogen) atoms. The number of carbonyl (C=O) groups is 1. The quantitative estimate of drug-likeness (QED) is 0.588. The third kappa shape index (κ3) is 4.13. The first-order valence-corrected chi connectivity index (χ1v) is 10.7. The van der Waals surface area contributed by atoms with Gasteiger partial charge in [-0.15, -0.1) is 0 Å². The van der Waals surface area contributed by atoms with Crippen molar-refractivity contribution in [3.63, 3.8) is 0 Å². The average molecular weight is 426 g/mol. The van der Waals surface area contributed by atoms with Crippen LogP contribution in [0.3, 0.4) is 0 Å². The normalized spacial score (nSPS) is 12.2. The molecule has 0 amide bonds. The van der Waals surface area contributed by atoms with Crippen LogP contribution in [0, 0.1) is 13.8 Å². The maximum atomic E-state index is 13.5. The van der Waals surface area contributed by atoms with Crippen LogP contribution in [0.2, 0.25) is 0 Å². The standard InChI is InChI=1S/C22H22N2O5S/c1-14-6-7-15(2)20(19(14)22(25)26)24-21(16-5-4-12-23-13-16)30(27,28)18-10-8-17(29-3)9-11-18/h4-13,21,24H,1-3H3,(H,25,26). The molecule has 0 fully saturated rings. The second-order valence-corrected chi connectivity index (χ2v) is 8.82. The molecule has 2 N–H and O–H groups in total. The van der Waals surface area contributed by atoms with Gasteiger partial charge in [-0.05, 0) is 55.3 Å². The van der Waals surface area contributed by atoms with Gasteiger partial charge >= 0.3 is 5.97 Å². The Morgan fingerprint density at radius 3 is 2.30 bits per heavy atom. The van der Waals surface area contributed by atoms with E-state index in [0.717, 1.165) is 0 Å². The number of pyridine rings is 1. The number of nitrogens with one attached hydrogen (secondary N) is 1. The minimum atomic E-state index is -3.95. The first-order valence-electron chi connectivity index (χ1n) is 9.13. The molecule has 0 aliphatic carbocycles. The summed E-state index contributed by atoms with van der Waals surface area (Å²) in [7, 11) is -2.45. The first-order chi connectivity index (χ1) is 14.3. The highest BCUT2D eigenvalue weighted by atomic mass is 32.2. The van der Waals surface area contributed by atoms with Crippen LogP contribution in [0.4, 0.5) is 5.69 Å². The molecule has 0 spiro atoms. The second-order valence-electron chi connectivity index (χ2n) is 6.79. The summed E-state index contributed by atoms with van der Waals surface area (Å²) < 4.78 is 32.2. The molecule has 156 valence electrons. The molecular formula is C22H22N2O5S. The van der Waals surface area contributed by atoms with Gasteiger partial charge in [0.1, 0.15) is 5.75 Å². The van der Waals surface area contributed by atoms with Crippen LogP contribution >= 0.6 is 0 Å². The number of carboxylic acid groups (broad SMARTS) is 1. The fraction of sp³-hybridized carbons (Fsp3) is 0.182. The fourth-order valence-electron chi connectivity index (χ4n) is 3.18. The lowest BCUT2D eigenvalue weighted by Gasteiger charge is -2.23. The average Bonchev–Trinajstić information content (AvgIpc) is 2.74. The van der Waals surface area contributed by atoms with Gasteiger partial charge in [0, 0.05) is 18.0 Å². The minimum Gasteiger partial charge on any atom is -0.497 e. The van der Waals surface area contributed by atoms with E-state index in [2.05, 4.69) is 10.3 Å². The van der Waals surface area contributed by atoms with E-state index < -0.39 is 21.2 Å². The van der Waals surface area contributed by atoms with Crippen molar-refractivity contribution in [2.75, 3.05) is 12.4 Å². The van der Waals surface area contributed by atoms with Crippen molar-refractivity contribution in [2.24, 2.45) is 0 Å². The van der Waals surface area contributed by atoms with E-state index in [-0.39, 0.29) is 16.1 Å². The maximum absolute atomic E-state index is 13.5. The lowest BCUT2D eigenvalue weighted by atomic mass is 10.0. The number of benzene rings is 2. The van der Waals surface area contributed by atoms with Gasteiger partial charge in [-0.2, -0.15) is 0 Å². The summed E-state index contributed by atoms with van der Waals surface area (Å²) in [5.41, 5.74) is 1.84. The van der Waals surface area contributed by atoms with Crippen molar-refractivity contribution < 1.29 is 23.1 Å². The Bertz CT molecular complexity index is 1160. The van der Waals surface area contributed by atoms with Gasteiger partial charge in [0.15, 0.2) is 5.37 Å². The van der Waals surface area contributed by atoms with E-state index >= 15 is 0 Å². The number of ether oxygens (including phenoxy) is 1. The molecule has 1 atom stereocenters. The Morgan fingerprint density at radius 2 is 1.73 bits per heavy atom. The highest BCUT2D eigenvalue weighted by molar-refractivity contribution is 7.91. The number of hydrogen-bond acceptors (Lipinski definition) is 6. The molecule has 0 saturated heterocycles. The topological polar surface area (TPSA) is 106 Å². The SMILES string of the molecule is COc1ccc(S(=O)(=O)C(Nc2c(C)ccc(C)c2C(=O)O)c2cccnc2)cc1. The summed E-state index contributed by atoms with van der Waals surface area (Å²) >= 11 is 0. The predicted molar refractivity (Wildman–Crippen MR) is 114 cm³/mol. The van der Waals surface area contributed by atoms with E-state index in [1.807, 2.05) is 0 Å². The first kappa shape index (κ1) is 21.3. The highest BCUT2D eigenvalue weighted by Gasteiger charge is 2.31. The van der Waals surface area contributed by atoms with E-state index in [0.29, 0.717) is 22.4 Å². The van der Waals surface area contributed by atoms with Gasteiger partial charge in [-0.25, -0.2) is 13.2 Å². The Labute approximate surface area is 175 Å². The van der Waals surface area contributed by atoms with Gasteiger partial charge in [0.05, 0.1) is 23.3 Å². The summed E-state index contributed by atoms with van der Waals surface area (Å²) in [4.78, 5) is 16.0. The van der Waals surface area contributed by atoms with Crippen molar-refractivity contribution >= 4 is 21.5 Å². The van der Waals surface area contributed by atoms with E-state index in [9.17, 15) is 18.3 Å². The molecule has 0 aliphatic rings. The number of carboxylic acids is 1. The number of hydrogen-bond donors (Lipinski definition) is 2. The number of sulfone groups is 1. The third-order valence-electron chi connectivity index (χ3n) is 4.80. The molecule has 8 heteroatoms. The fourth-order valence-corrected chi connectivity index (χ4v) is 4.73. The zero-order valence-corrected chi connectivity index (χ0v) is 17.6. The number of rotatable bonds is 7. The van der Waals surface area contributed by atoms with Crippen molar-refractivity contribution in [2.45, 2.75) is 24.1 Å². The Kier molecular flexibility index (Phi) is 6.07. The molecule has 2 aromatic carbocycles. The summed E-state index contributed by atoms with van der Waals surface area (Å²) in [6.45, 7) is 3.40. The van der Waals surface area contributed by atoms with Crippen LogP contribution in [0.5, 0.6) is 5.75 Å². The minimum absolute atomic E-state index is 0.0359. The van der Waals surface area contributed by atoms with Crippen LogP contribution in [-0.4, -0.2) is 31.6 Å². The van der Waals surface area contributed by atoms with Crippen molar-refractivity contribution in [1.82, 2.24) is 4.98 Å². The van der Waals surface area contributed by atoms with E-state index in [1.165, 1.54) is 25.4 Å². The molecule has 1 heterocycles. The summed E-state index contributed by atoms with van der Waals surface area (Å²) in [5.74, 6) is -0.604. The van der Waals surface area contributed by atoms with Crippen molar-refractivity contribution in [1.29, 1.82) is 0 Å². The lowest BCUT2D eigenvalue weighted by Crippen LogP contribution is -2.24. The third-order valence-corrected chi connectivity index (χ3v) is 6.74. The van der Waals surface area contributed by atoms with Crippen molar-refractivity contribution in [3.05, 3.63) is 83.2 Å². The maximum Gasteiger partial charge on any atom is 0.338 e. The Morgan fingerprint density at radius 1 is 1.07 bits per heavy atom. The number of aromatic nitrogens is 1. The number of anilines is 1. The van der Waals surface area contributed by atoms with Gasteiger partial charge < -0.3 is 15.2 Å². The van der Waals surface area contributed by atoms with Gasteiger partial charge in [-0.3, -0.25) is 4.98 Å².